The Hall–Kier alpha value is -0.330. The highest BCUT2D eigenvalue weighted by molar-refractivity contribution is 4.88. The SMILES string of the molecule is COCC1(CN(CC(F)(F)F)C(C)C)CCNCC1. The van der Waals surface area contributed by atoms with Crippen molar-refractivity contribution in [3.8, 4) is 0 Å². The molecular formula is C13H25F3N2O. The fraction of sp³-hybridized carbons (Fsp3) is 1.00. The van der Waals surface area contributed by atoms with Crippen molar-refractivity contribution in [3.05, 3.63) is 0 Å². The molecule has 0 aromatic carbocycles. The van der Waals surface area contributed by atoms with Gasteiger partial charge >= 0.3 is 6.18 Å². The number of alkyl halides is 3. The highest BCUT2D eigenvalue weighted by Crippen LogP contribution is 2.32. The van der Waals surface area contributed by atoms with Crippen LogP contribution in [0.4, 0.5) is 13.2 Å². The zero-order valence-corrected chi connectivity index (χ0v) is 12.0. The average Bonchev–Trinajstić information content (AvgIpc) is 2.27. The molecule has 0 aromatic rings. The first-order valence-corrected chi connectivity index (χ1v) is 6.78. The van der Waals surface area contributed by atoms with Crippen molar-refractivity contribution in [1.29, 1.82) is 0 Å². The van der Waals surface area contributed by atoms with Gasteiger partial charge in [-0.15, -0.1) is 0 Å². The lowest BCUT2D eigenvalue weighted by Gasteiger charge is -2.42. The van der Waals surface area contributed by atoms with Gasteiger partial charge in [-0.1, -0.05) is 0 Å². The molecule has 1 aliphatic rings. The molecule has 1 aliphatic heterocycles. The Morgan fingerprint density at radius 1 is 1.26 bits per heavy atom. The third kappa shape index (κ3) is 5.67. The molecule has 1 N–H and O–H groups in total. The van der Waals surface area contributed by atoms with E-state index in [1.165, 1.54) is 4.90 Å². The smallest absolute Gasteiger partial charge is 0.384 e. The molecule has 0 aliphatic carbocycles. The molecule has 1 heterocycles. The highest BCUT2D eigenvalue weighted by Gasteiger charge is 2.38. The van der Waals surface area contributed by atoms with Gasteiger partial charge in [0.2, 0.25) is 0 Å². The third-order valence-electron chi connectivity index (χ3n) is 3.77. The second-order valence-corrected chi connectivity index (χ2v) is 5.80. The Balaban J connectivity index is 2.72. The zero-order valence-electron chi connectivity index (χ0n) is 12.0. The summed E-state index contributed by atoms with van der Waals surface area (Å²) in [5, 5.41) is 3.25. The van der Waals surface area contributed by atoms with Crippen LogP contribution in [-0.2, 0) is 4.74 Å². The Kier molecular flexibility index (Phi) is 6.08. The van der Waals surface area contributed by atoms with Crippen molar-refractivity contribution < 1.29 is 17.9 Å². The first kappa shape index (κ1) is 16.7. The number of methoxy groups -OCH3 is 1. The van der Waals surface area contributed by atoms with Gasteiger partial charge < -0.3 is 10.1 Å². The van der Waals surface area contributed by atoms with Gasteiger partial charge in [-0.2, -0.15) is 13.2 Å². The number of hydrogen-bond acceptors (Lipinski definition) is 3. The molecule has 3 nitrogen and oxygen atoms in total. The summed E-state index contributed by atoms with van der Waals surface area (Å²) in [6.07, 6.45) is -2.42. The Morgan fingerprint density at radius 2 is 1.84 bits per heavy atom. The molecule has 19 heavy (non-hydrogen) atoms. The standard InChI is InChI=1S/C13H25F3N2O/c1-11(2)18(9-13(14,15)16)8-12(10-19-3)4-6-17-7-5-12/h11,17H,4-10H2,1-3H3. The molecule has 0 atom stereocenters. The van der Waals surface area contributed by atoms with Crippen LogP contribution in [0, 0.1) is 5.41 Å². The fourth-order valence-electron chi connectivity index (χ4n) is 2.69. The average molecular weight is 282 g/mol. The molecule has 0 radical (unpaired) electrons. The largest absolute Gasteiger partial charge is 0.401 e. The quantitative estimate of drug-likeness (QED) is 0.809. The van der Waals surface area contributed by atoms with E-state index in [4.69, 9.17) is 4.74 Å². The summed E-state index contributed by atoms with van der Waals surface area (Å²) in [5.41, 5.74) is -0.157. The van der Waals surface area contributed by atoms with Crippen LogP contribution in [0.3, 0.4) is 0 Å². The van der Waals surface area contributed by atoms with Crippen molar-refractivity contribution in [2.24, 2.45) is 5.41 Å². The Bertz CT molecular complexity index is 258. The van der Waals surface area contributed by atoms with Crippen LogP contribution in [0.15, 0.2) is 0 Å². The lowest BCUT2D eigenvalue weighted by molar-refractivity contribution is -0.155. The first-order valence-electron chi connectivity index (χ1n) is 6.78. The van der Waals surface area contributed by atoms with Crippen molar-refractivity contribution in [3.63, 3.8) is 0 Å². The van der Waals surface area contributed by atoms with E-state index in [0.29, 0.717) is 13.2 Å². The monoisotopic (exact) mass is 282 g/mol. The van der Waals surface area contributed by atoms with Gasteiger partial charge in [0.1, 0.15) is 0 Å². The predicted octanol–water partition coefficient (Wildman–Crippen LogP) is 2.28. The van der Waals surface area contributed by atoms with Crippen LogP contribution < -0.4 is 5.32 Å². The van der Waals surface area contributed by atoms with Gasteiger partial charge in [-0.05, 0) is 39.8 Å². The van der Waals surface area contributed by atoms with Crippen LogP contribution >= 0.6 is 0 Å². The van der Waals surface area contributed by atoms with Gasteiger partial charge in [0.05, 0.1) is 13.2 Å². The molecule has 0 amide bonds. The lowest BCUT2D eigenvalue weighted by atomic mass is 9.79. The summed E-state index contributed by atoms with van der Waals surface area (Å²) in [7, 11) is 1.62. The highest BCUT2D eigenvalue weighted by atomic mass is 19.4. The summed E-state index contributed by atoms with van der Waals surface area (Å²) in [6.45, 7) is 5.45. The zero-order chi connectivity index (χ0) is 14.5. The topological polar surface area (TPSA) is 24.5 Å². The molecule has 1 rings (SSSR count). The van der Waals surface area contributed by atoms with E-state index in [9.17, 15) is 13.2 Å². The van der Waals surface area contributed by atoms with Gasteiger partial charge in [0.25, 0.3) is 0 Å². The van der Waals surface area contributed by atoms with E-state index in [0.717, 1.165) is 25.9 Å². The van der Waals surface area contributed by atoms with Crippen molar-refractivity contribution in [1.82, 2.24) is 10.2 Å². The van der Waals surface area contributed by atoms with Crippen LogP contribution in [-0.4, -0.2) is 57.0 Å². The van der Waals surface area contributed by atoms with Crippen molar-refractivity contribution >= 4 is 0 Å². The summed E-state index contributed by atoms with van der Waals surface area (Å²) in [4.78, 5) is 1.52. The predicted molar refractivity (Wildman–Crippen MR) is 69.2 cm³/mol. The van der Waals surface area contributed by atoms with Crippen LogP contribution in [0.25, 0.3) is 0 Å². The van der Waals surface area contributed by atoms with Crippen LogP contribution in [0.1, 0.15) is 26.7 Å². The van der Waals surface area contributed by atoms with E-state index in [2.05, 4.69) is 5.32 Å². The lowest BCUT2D eigenvalue weighted by Crippen LogP contribution is -2.51. The molecule has 0 saturated carbocycles. The second kappa shape index (κ2) is 6.90. The molecule has 114 valence electrons. The number of hydrogen-bond donors (Lipinski definition) is 1. The van der Waals surface area contributed by atoms with Gasteiger partial charge in [-0.3, -0.25) is 4.90 Å². The number of nitrogens with zero attached hydrogens (tertiary/aromatic N) is 1. The molecule has 1 saturated heterocycles. The van der Waals surface area contributed by atoms with E-state index >= 15 is 0 Å². The van der Waals surface area contributed by atoms with Gasteiger partial charge in [0, 0.05) is 25.1 Å². The van der Waals surface area contributed by atoms with Crippen LogP contribution in [0.2, 0.25) is 0 Å². The third-order valence-corrected chi connectivity index (χ3v) is 3.77. The van der Waals surface area contributed by atoms with Crippen molar-refractivity contribution in [2.75, 3.05) is 39.9 Å². The second-order valence-electron chi connectivity index (χ2n) is 5.80. The number of rotatable bonds is 6. The Labute approximate surface area is 113 Å². The fourth-order valence-corrected chi connectivity index (χ4v) is 2.69. The van der Waals surface area contributed by atoms with Crippen molar-refractivity contribution in [2.45, 2.75) is 38.9 Å². The minimum atomic E-state index is -4.15. The van der Waals surface area contributed by atoms with E-state index in [1.807, 2.05) is 13.8 Å². The minimum Gasteiger partial charge on any atom is -0.384 e. The molecular weight excluding hydrogens is 257 g/mol. The molecule has 0 bridgehead atoms. The summed E-state index contributed by atoms with van der Waals surface area (Å²) >= 11 is 0. The normalized spacial score (nSPS) is 20.2. The van der Waals surface area contributed by atoms with E-state index < -0.39 is 12.7 Å². The molecule has 0 aromatic heterocycles. The Morgan fingerprint density at radius 3 is 2.26 bits per heavy atom. The molecule has 1 fully saturated rings. The molecule has 0 spiro atoms. The number of ether oxygens (including phenoxy) is 1. The molecule has 6 heteroatoms. The van der Waals surface area contributed by atoms with Crippen LogP contribution in [0.5, 0.6) is 0 Å². The number of nitrogens with one attached hydrogen (secondary N) is 1. The first-order chi connectivity index (χ1) is 8.78. The maximum Gasteiger partial charge on any atom is 0.401 e. The van der Waals surface area contributed by atoms with E-state index in [-0.39, 0.29) is 11.5 Å². The maximum absolute atomic E-state index is 12.6. The summed E-state index contributed by atoms with van der Waals surface area (Å²) in [6, 6.07) is -0.120. The summed E-state index contributed by atoms with van der Waals surface area (Å²) in [5.74, 6) is 0. The van der Waals surface area contributed by atoms with Gasteiger partial charge in [0.15, 0.2) is 0 Å². The number of piperidine rings is 1. The summed E-state index contributed by atoms with van der Waals surface area (Å²) < 4.78 is 43.2. The minimum absolute atomic E-state index is 0.120. The molecule has 0 unspecified atom stereocenters. The van der Waals surface area contributed by atoms with Gasteiger partial charge in [-0.25, -0.2) is 0 Å². The van der Waals surface area contributed by atoms with E-state index in [1.54, 1.807) is 7.11 Å². The number of halogens is 3. The maximum atomic E-state index is 12.6.